The van der Waals surface area contributed by atoms with Crippen LogP contribution in [0.25, 0.3) is 33.6 Å². The van der Waals surface area contributed by atoms with E-state index in [0.29, 0.717) is 5.82 Å². The topological polar surface area (TPSA) is 43.6 Å². The standard InChI is InChI=1S/C39H29BrN4/c40-28-29-21-23-31(24-22-29)37-27-32(30-13-5-1-6-14-30)25-26-36(37)38-41-43-44(42-38)39(33-15-7-2-8-16-33,34-17-9-3-10-18-34)35-19-11-4-12-20-35/h1-27H,28H2. The molecule has 0 spiro atoms. The van der Waals surface area contributed by atoms with E-state index in [0.717, 1.165) is 49.8 Å². The molecule has 0 radical (unpaired) electrons. The number of rotatable bonds is 8. The Hall–Kier alpha value is -5.13. The Bertz CT molecular complexity index is 1880. The predicted molar refractivity (Wildman–Crippen MR) is 181 cm³/mol. The van der Waals surface area contributed by atoms with E-state index in [9.17, 15) is 0 Å². The van der Waals surface area contributed by atoms with Crippen molar-refractivity contribution in [3.8, 4) is 33.6 Å². The molecule has 0 saturated heterocycles. The molecular formula is C39H29BrN4. The maximum absolute atomic E-state index is 5.19. The molecule has 0 fully saturated rings. The Morgan fingerprint density at radius 2 is 1.00 bits per heavy atom. The van der Waals surface area contributed by atoms with Gasteiger partial charge in [0, 0.05) is 10.9 Å². The maximum Gasteiger partial charge on any atom is 0.205 e. The zero-order valence-electron chi connectivity index (χ0n) is 24.0. The lowest BCUT2D eigenvalue weighted by Gasteiger charge is -2.34. The quantitative estimate of drug-likeness (QED) is 0.124. The summed E-state index contributed by atoms with van der Waals surface area (Å²) in [5.41, 5.74) is 8.89. The number of hydrogen-bond donors (Lipinski definition) is 0. The highest BCUT2D eigenvalue weighted by Crippen LogP contribution is 2.41. The van der Waals surface area contributed by atoms with E-state index in [-0.39, 0.29) is 0 Å². The fourth-order valence-corrected chi connectivity index (χ4v) is 6.28. The number of benzene rings is 6. The first kappa shape index (κ1) is 27.7. The largest absolute Gasteiger partial charge is 0.205 e. The molecule has 0 N–H and O–H groups in total. The summed E-state index contributed by atoms with van der Waals surface area (Å²) in [6.45, 7) is 0. The summed E-state index contributed by atoms with van der Waals surface area (Å²) in [7, 11) is 0. The van der Waals surface area contributed by atoms with Crippen molar-refractivity contribution in [3.05, 3.63) is 186 Å². The molecule has 7 rings (SSSR count). The molecule has 0 aliphatic heterocycles. The zero-order chi connectivity index (χ0) is 29.8. The molecule has 44 heavy (non-hydrogen) atoms. The van der Waals surface area contributed by atoms with E-state index in [4.69, 9.17) is 15.4 Å². The van der Waals surface area contributed by atoms with Crippen LogP contribution in [0.3, 0.4) is 0 Å². The van der Waals surface area contributed by atoms with Gasteiger partial charge in [0.25, 0.3) is 0 Å². The van der Waals surface area contributed by atoms with Gasteiger partial charge in [-0.3, -0.25) is 0 Å². The first-order valence-electron chi connectivity index (χ1n) is 14.6. The summed E-state index contributed by atoms with van der Waals surface area (Å²) < 4.78 is 0. The highest BCUT2D eigenvalue weighted by Gasteiger charge is 2.41. The van der Waals surface area contributed by atoms with Crippen LogP contribution in [0.15, 0.2) is 164 Å². The highest BCUT2D eigenvalue weighted by atomic mass is 79.9. The van der Waals surface area contributed by atoms with Crippen molar-refractivity contribution in [1.82, 2.24) is 20.2 Å². The Morgan fingerprint density at radius 3 is 1.52 bits per heavy atom. The van der Waals surface area contributed by atoms with Crippen molar-refractivity contribution in [2.45, 2.75) is 10.9 Å². The molecule has 0 aliphatic carbocycles. The minimum absolute atomic E-state index is 0.566. The third kappa shape index (κ3) is 5.06. The van der Waals surface area contributed by atoms with E-state index < -0.39 is 5.54 Å². The van der Waals surface area contributed by atoms with Gasteiger partial charge in [0.15, 0.2) is 5.54 Å². The molecule has 0 atom stereocenters. The molecule has 0 aliphatic rings. The Balaban J connectivity index is 1.45. The lowest BCUT2D eigenvalue weighted by atomic mass is 9.77. The Kier molecular flexibility index (Phi) is 7.70. The van der Waals surface area contributed by atoms with Crippen LogP contribution in [0.5, 0.6) is 0 Å². The minimum Gasteiger partial charge on any atom is -0.144 e. The van der Waals surface area contributed by atoms with Crippen molar-refractivity contribution >= 4 is 15.9 Å². The summed E-state index contributed by atoms with van der Waals surface area (Å²) in [6.07, 6.45) is 0. The van der Waals surface area contributed by atoms with Gasteiger partial charge < -0.3 is 0 Å². The van der Waals surface area contributed by atoms with E-state index in [1.807, 2.05) is 24.3 Å². The van der Waals surface area contributed by atoms with Gasteiger partial charge in [0.2, 0.25) is 5.82 Å². The smallest absolute Gasteiger partial charge is 0.144 e. The number of aromatic nitrogens is 4. The lowest BCUT2D eigenvalue weighted by Crippen LogP contribution is -2.39. The molecule has 7 aromatic rings. The summed E-state index contributed by atoms with van der Waals surface area (Å²) in [6, 6.07) is 56.8. The molecule has 1 heterocycles. The Labute approximate surface area is 265 Å². The number of tetrazole rings is 1. The average Bonchev–Trinajstić information content (AvgIpc) is 3.61. The van der Waals surface area contributed by atoms with Crippen LogP contribution >= 0.6 is 15.9 Å². The zero-order valence-corrected chi connectivity index (χ0v) is 25.5. The normalized spacial score (nSPS) is 11.4. The maximum atomic E-state index is 5.19. The molecule has 0 bridgehead atoms. The first-order chi connectivity index (χ1) is 21.8. The molecule has 4 nitrogen and oxygen atoms in total. The SMILES string of the molecule is BrCc1ccc(-c2cc(-c3ccccc3)ccc2-c2nnn(C(c3ccccc3)(c3ccccc3)c3ccccc3)n2)cc1. The first-order valence-corrected chi connectivity index (χ1v) is 15.7. The average molecular weight is 634 g/mol. The van der Waals surface area contributed by atoms with Crippen LogP contribution < -0.4 is 0 Å². The second kappa shape index (κ2) is 12.2. The predicted octanol–water partition coefficient (Wildman–Crippen LogP) is 9.41. The van der Waals surface area contributed by atoms with Gasteiger partial charge in [0.05, 0.1) is 0 Å². The summed E-state index contributed by atoms with van der Waals surface area (Å²) >= 11 is 3.58. The van der Waals surface area contributed by atoms with Gasteiger partial charge in [-0.2, -0.15) is 0 Å². The van der Waals surface area contributed by atoms with Crippen molar-refractivity contribution < 1.29 is 0 Å². The summed E-state index contributed by atoms with van der Waals surface area (Å²) in [4.78, 5) is 1.78. The molecule has 0 unspecified atom stereocenters. The lowest BCUT2D eigenvalue weighted by molar-refractivity contribution is 0.396. The third-order valence-corrected chi connectivity index (χ3v) is 8.72. The van der Waals surface area contributed by atoms with E-state index in [1.165, 1.54) is 5.56 Å². The number of nitrogens with zero attached hydrogens (tertiary/aromatic N) is 4. The van der Waals surface area contributed by atoms with Crippen molar-refractivity contribution in [2.75, 3.05) is 0 Å². The van der Waals surface area contributed by atoms with Crippen molar-refractivity contribution in [1.29, 1.82) is 0 Å². The second-order valence-electron chi connectivity index (χ2n) is 10.7. The molecule has 1 aromatic heterocycles. The van der Waals surface area contributed by atoms with E-state index in [2.05, 4.69) is 155 Å². The second-order valence-corrected chi connectivity index (χ2v) is 11.2. The number of hydrogen-bond acceptors (Lipinski definition) is 3. The molecule has 6 aromatic carbocycles. The fourth-order valence-electron chi connectivity index (χ4n) is 5.91. The van der Waals surface area contributed by atoms with E-state index in [1.54, 1.807) is 4.80 Å². The monoisotopic (exact) mass is 632 g/mol. The molecule has 5 heteroatoms. The fraction of sp³-hybridized carbons (Fsp3) is 0.0513. The minimum atomic E-state index is -0.837. The van der Waals surface area contributed by atoms with Crippen LogP contribution in [0.1, 0.15) is 22.3 Å². The summed E-state index contributed by atoms with van der Waals surface area (Å²) in [5, 5.41) is 15.5. The van der Waals surface area contributed by atoms with Gasteiger partial charge in [-0.05, 0) is 61.9 Å². The van der Waals surface area contributed by atoms with Crippen LogP contribution in [0.4, 0.5) is 0 Å². The van der Waals surface area contributed by atoms with Gasteiger partial charge in [-0.25, -0.2) is 0 Å². The van der Waals surface area contributed by atoms with Crippen LogP contribution in [-0.2, 0) is 10.9 Å². The van der Waals surface area contributed by atoms with Gasteiger partial charge >= 0.3 is 0 Å². The summed E-state index contributed by atoms with van der Waals surface area (Å²) in [5.74, 6) is 0.566. The van der Waals surface area contributed by atoms with Crippen molar-refractivity contribution in [2.24, 2.45) is 0 Å². The van der Waals surface area contributed by atoms with Gasteiger partial charge in [-0.15, -0.1) is 15.0 Å². The van der Waals surface area contributed by atoms with Gasteiger partial charge in [0.1, 0.15) is 0 Å². The van der Waals surface area contributed by atoms with Crippen LogP contribution in [0.2, 0.25) is 0 Å². The number of halogens is 1. The van der Waals surface area contributed by atoms with Crippen molar-refractivity contribution in [3.63, 3.8) is 0 Å². The molecule has 0 saturated carbocycles. The Morgan fingerprint density at radius 1 is 0.500 bits per heavy atom. The number of alkyl halides is 1. The third-order valence-electron chi connectivity index (χ3n) is 8.08. The van der Waals surface area contributed by atoms with Crippen LogP contribution in [-0.4, -0.2) is 20.2 Å². The van der Waals surface area contributed by atoms with E-state index >= 15 is 0 Å². The highest BCUT2D eigenvalue weighted by molar-refractivity contribution is 9.08. The van der Waals surface area contributed by atoms with Gasteiger partial charge in [-0.1, -0.05) is 168 Å². The molecule has 0 amide bonds. The van der Waals surface area contributed by atoms with Crippen LogP contribution in [0, 0.1) is 0 Å². The molecule has 212 valence electrons. The molecular weight excluding hydrogens is 604 g/mol.